The molecule has 0 aliphatic carbocycles. The number of nitrogens with zero attached hydrogens (tertiary/aromatic N) is 2. The molecule has 2 N–H and O–H groups in total. The van der Waals surface area contributed by atoms with E-state index in [1.807, 2.05) is 6.92 Å². The fourth-order valence-electron chi connectivity index (χ4n) is 1.63. The van der Waals surface area contributed by atoms with Gasteiger partial charge in [-0.2, -0.15) is 4.98 Å². The molecule has 0 radical (unpaired) electrons. The van der Waals surface area contributed by atoms with E-state index in [1.165, 1.54) is 12.1 Å². The third-order valence-corrected chi connectivity index (χ3v) is 2.78. The van der Waals surface area contributed by atoms with Gasteiger partial charge in [0.25, 0.3) is 11.8 Å². The zero-order valence-electron chi connectivity index (χ0n) is 10.9. The Kier molecular flexibility index (Phi) is 4.57. The van der Waals surface area contributed by atoms with Gasteiger partial charge in [-0.25, -0.2) is 0 Å². The Morgan fingerprint density at radius 3 is 3.00 bits per heavy atom. The van der Waals surface area contributed by atoms with Crippen LogP contribution in [0.15, 0.2) is 22.7 Å². The number of hydrogen-bond acceptors (Lipinski definition) is 5. The second-order valence-electron chi connectivity index (χ2n) is 4.15. The van der Waals surface area contributed by atoms with Crippen molar-refractivity contribution in [1.82, 2.24) is 10.1 Å². The molecular weight excluding hydrogens is 282 g/mol. The standard InChI is InChI=1S/C13H14ClN3O3/c1-2-3-11-16-12(20-17-11)7-19-10-6-8(14)4-5-9(10)13(15)18/h4-6H,2-3,7H2,1H3,(H2,15,18). The summed E-state index contributed by atoms with van der Waals surface area (Å²) in [6, 6.07) is 4.60. The molecule has 6 nitrogen and oxygen atoms in total. The van der Waals surface area contributed by atoms with Crippen LogP contribution in [0.3, 0.4) is 0 Å². The molecule has 1 aromatic carbocycles. The van der Waals surface area contributed by atoms with Gasteiger partial charge in [-0.1, -0.05) is 23.7 Å². The number of aryl methyl sites for hydroxylation is 1. The van der Waals surface area contributed by atoms with Crippen molar-refractivity contribution in [3.05, 3.63) is 40.5 Å². The summed E-state index contributed by atoms with van der Waals surface area (Å²) >= 11 is 5.87. The average Bonchev–Trinajstić information content (AvgIpc) is 2.84. The van der Waals surface area contributed by atoms with E-state index in [4.69, 9.17) is 26.6 Å². The Labute approximate surface area is 120 Å². The summed E-state index contributed by atoms with van der Waals surface area (Å²) in [5.41, 5.74) is 5.52. The van der Waals surface area contributed by atoms with Gasteiger partial charge in [0.15, 0.2) is 12.4 Å². The molecule has 2 rings (SSSR count). The average molecular weight is 296 g/mol. The van der Waals surface area contributed by atoms with Crippen LogP contribution >= 0.6 is 11.6 Å². The van der Waals surface area contributed by atoms with Crippen LogP contribution in [0.1, 0.15) is 35.4 Å². The number of halogens is 1. The smallest absolute Gasteiger partial charge is 0.264 e. The van der Waals surface area contributed by atoms with Crippen LogP contribution in [0.4, 0.5) is 0 Å². The highest BCUT2D eigenvalue weighted by Crippen LogP contribution is 2.23. The predicted molar refractivity (Wildman–Crippen MR) is 72.6 cm³/mol. The largest absolute Gasteiger partial charge is 0.483 e. The van der Waals surface area contributed by atoms with Gasteiger partial charge < -0.3 is 15.0 Å². The van der Waals surface area contributed by atoms with E-state index < -0.39 is 5.91 Å². The zero-order chi connectivity index (χ0) is 14.5. The van der Waals surface area contributed by atoms with Crippen LogP contribution in [0.25, 0.3) is 0 Å². The Morgan fingerprint density at radius 1 is 1.50 bits per heavy atom. The zero-order valence-corrected chi connectivity index (χ0v) is 11.7. The minimum atomic E-state index is -0.589. The third-order valence-electron chi connectivity index (χ3n) is 2.54. The van der Waals surface area contributed by atoms with Crippen molar-refractivity contribution in [1.29, 1.82) is 0 Å². The predicted octanol–water partition coefficient (Wildman–Crippen LogP) is 2.35. The molecule has 0 fully saturated rings. The molecule has 0 saturated heterocycles. The van der Waals surface area contributed by atoms with Crippen LogP contribution in [-0.4, -0.2) is 16.0 Å². The van der Waals surface area contributed by atoms with Crippen molar-refractivity contribution in [2.75, 3.05) is 0 Å². The minimum Gasteiger partial charge on any atom is -0.483 e. The first-order valence-electron chi connectivity index (χ1n) is 6.13. The lowest BCUT2D eigenvalue weighted by Gasteiger charge is -2.07. The molecule has 1 amide bonds. The molecule has 2 aromatic rings. The third kappa shape index (κ3) is 3.48. The van der Waals surface area contributed by atoms with E-state index >= 15 is 0 Å². The molecule has 0 unspecified atom stereocenters. The van der Waals surface area contributed by atoms with E-state index in [0.717, 1.165) is 12.8 Å². The Morgan fingerprint density at radius 2 is 2.30 bits per heavy atom. The number of amides is 1. The molecular formula is C13H14ClN3O3. The molecule has 0 saturated carbocycles. The first kappa shape index (κ1) is 14.3. The van der Waals surface area contributed by atoms with Crippen LogP contribution in [0.2, 0.25) is 5.02 Å². The van der Waals surface area contributed by atoms with Crippen LogP contribution in [0, 0.1) is 0 Å². The number of carbonyl (C=O) groups is 1. The van der Waals surface area contributed by atoms with Gasteiger partial charge in [0.2, 0.25) is 0 Å². The second-order valence-corrected chi connectivity index (χ2v) is 4.58. The summed E-state index contributed by atoms with van der Waals surface area (Å²) < 4.78 is 10.5. The van der Waals surface area contributed by atoms with Gasteiger partial charge in [-0.15, -0.1) is 0 Å². The van der Waals surface area contributed by atoms with Crippen molar-refractivity contribution in [2.24, 2.45) is 5.73 Å². The molecule has 1 aromatic heterocycles. The summed E-state index contributed by atoms with van der Waals surface area (Å²) in [5.74, 6) is 0.672. The summed E-state index contributed by atoms with van der Waals surface area (Å²) in [6.45, 7) is 2.08. The van der Waals surface area contributed by atoms with E-state index in [9.17, 15) is 4.79 Å². The summed E-state index contributed by atoms with van der Waals surface area (Å²) in [4.78, 5) is 15.4. The maximum Gasteiger partial charge on any atom is 0.264 e. The number of rotatable bonds is 6. The first-order chi connectivity index (χ1) is 9.60. The number of nitrogens with two attached hydrogens (primary N) is 1. The van der Waals surface area contributed by atoms with Gasteiger partial charge in [-0.3, -0.25) is 4.79 Å². The van der Waals surface area contributed by atoms with Gasteiger partial charge in [0.05, 0.1) is 5.56 Å². The Balaban J connectivity index is 2.09. The van der Waals surface area contributed by atoms with Gasteiger partial charge in [-0.05, 0) is 24.6 Å². The van der Waals surface area contributed by atoms with Crippen LogP contribution < -0.4 is 10.5 Å². The molecule has 0 atom stereocenters. The van der Waals surface area contributed by atoms with Crippen LogP contribution in [-0.2, 0) is 13.0 Å². The van der Waals surface area contributed by atoms with Gasteiger partial charge >= 0.3 is 0 Å². The van der Waals surface area contributed by atoms with Crippen molar-refractivity contribution in [2.45, 2.75) is 26.4 Å². The lowest BCUT2D eigenvalue weighted by atomic mass is 10.2. The van der Waals surface area contributed by atoms with E-state index in [0.29, 0.717) is 22.5 Å². The number of hydrogen-bond donors (Lipinski definition) is 1. The summed E-state index contributed by atoms with van der Waals surface area (Å²) in [5, 5.41) is 4.26. The quantitative estimate of drug-likeness (QED) is 0.883. The molecule has 0 bridgehead atoms. The second kappa shape index (κ2) is 6.38. The maximum atomic E-state index is 11.3. The van der Waals surface area contributed by atoms with Gasteiger partial charge in [0.1, 0.15) is 5.75 Å². The lowest BCUT2D eigenvalue weighted by Crippen LogP contribution is -2.13. The Bertz CT molecular complexity index is 613. The number of benzene rings is 1. The number of carbonyl (C=O) groups excluding carboxylic acids is 1. The number of primary amides is 1. The SMILES string of the molecule is CCCc1noc(COc2cc(Cl)ccc2C(N)=O)n1. The van der Waals surface area contributed by atoms with Crippen molar-refractivity contribution in [3.8, 4) is 5.75 Å². The van der Waals surface area contributed by atoms with E-state index in [2.05, 4.69) is 10.1 Å². The van der Waals surface area contributed by atoms with E-state index in [1.54, 1.807) is 6.07 Å². The van der Waals surface area contributed by atoms with Gasteiger partial charge in [0, 0.05) is 11.4 Å². The lowest BCUT2D eigenvalue weighted by molar-refractivity contribution is 0.0995. The molecule has 0 spiro atoms. The van der Waals surface area contributed by atoms with Crippen molar-refractivity contribution >= 4 is 17.5 Å². The topological polar surface area (TPSA) is 91.2 Å². The molecule has 0 aliphatic rings. The highest BCUT2D eigenvalue weighted by molar-refractivity contribution is 6.30. The molecule has 20 heavy (non-hydrogen) atoms. The van der Waals surface area contributed by atoms with Crippen molar-refractivity contribution in [3.63, 3.8) is 0 Å². The highest BCUT2D eigenvalue weighted by atomic mass is 35.5. The molecule has 1 heterocycles. The maximum absolute atomic E-state index is 11.3. The fourth-order valence-corrected chi connectivity index (χ4v) is 1.79. The monoisotopic (exact) mass is 295 g/mol. The van der Waals surface area contributed by atoms with Crippen molar-refractivity contribution < 1.29 is 14.1 Å². The summed E-state index contributed by atoms with van der Waals surface area (Å²) in [6.07, 6.45) is 1.67. The fraction of sp³-hybridized carbons (Fsp3) is 0.308. The molecule has 106 valence electrons. The summed E-state index contributed by atoms with van der Waals surface area (Å²) in [7, 11) is 0. The number of aromatic nitrogens is 2. The Hall–Kier alpha value is -2.08. The van der Waals surface area contributed by atoms with Crippen LogP contribution in [0.5, 0.6) is 5.75 Å². The number of ether oxygens (including phenoxy) is 1. The minimum absolute atomic E-state index is 0.0529. The molecule has 7 heteroatoms. The first-order valence-corrected chi connectivity index (χ1v) is 6.51. The highest BCUT2D eigenvalue weighted by Gasteiger charge is 2.12. The normalized spacial score (nSPS) is 10.5. The molecule has 0 aliphatic heterocycles. The van der Waals surface area contributed by atoms with E-state index in [-0.39, 0.29) is 12.2 Å².